The van der Waals surface area contributed by atoms with Gasteiger partial charge in [0.15, 0.2) is 0 Å². The average molecular weight is 434 g/mol. The first kappa shape index (κ1) is 21.1. The molecule has 1 heterocycles. The highest BCUT2D eigenvalue weighted by Gasteiger charge is 2.24. The van der Waals surface area contributed by atoms with E-state index in [2.05, 4.69) is 4.98 Å². The Labute approximate surface area is 172 Å². The molecule has 3 aromatic rings. The SMILES string of the molecule is Cc1nc(-c2ccc(F)cc2)sc1C(=O)N(C)C(C)c1ccc(S(N)(=O)=O)cc1. The number of hydrogen-bond donors (Lipinski definition) is 1. The van der Waals surface area contributed by atoms with Crippen LogP contribution in [-0.4, -0.2) is 31.3 Å². The molecule has 0 saturated heterocycles. The van der Waals surface area contributed by atoms with E-state index >= 15 is 0 Å². The molecule has 0 radical (unpaired) electrons. The quantitative estimate of drug-likeness (QED) is 0.663. The van der Waals surface area contributed by atoms with Crippen LogP contribution in [0.3, 0.4) is 0 Å². The van der Waals surface area contributed by atoms with Gasteiger partial charge in [-0.2, -0.15) is 0 Å². The molecule has 1 amide bonds. The summed E-state index contributed by atoms with van der Waals surface area (Å²) in [4.78, 5) is 19.6. The van der Waals surface area contributed by atoms with Crippen molar-refractivity contribution in [3.63, 3.8) is 0 Å². The van der Waals surface area contributed by atoms with Crippen molar-refractivity contribution in [1.82, 2.24) is 9.88 Å². The number of benzene rings is 2. The molecular formula is C20H20FN3O3S2. The van der Waals surface area contributed by atoms with Crippen molar-refractivity contribution in [2.45, 2.75) is 24.8 Å². The summed E-state index contributed by atoms with van der Waals surface area (Å²) in [7, 11) is -2.09. The van der Waals surface area contributed by atoms with Crippen LogP contribution in [0.25, 0.3) is 10.6 Å². The molecule has 2 N–H and O–H groups in total. The zero-order valence-corrected chi connectivity index (χ0v) is 17.7. The highest BCUT2D eigenvalue weighted by molar-refractivity contribution is 7.89. The fraction of sp³-hybridized carbons (Fsp3) is 0.200. The van der Waals surface area contributed by atoms with Gasteiger partial charge in [-0.05, 0) is 55.8 Å². The number of carbonyl (C=O) groups is 1. The van der Waals surface area contributed by atoms with E-state index in [0.29, 0.717) is 15.6 Å². The number of halogens is 1. The largest absolute Gasteiger partial charge is 0.334 e. The number of nitrogens with zero attached hydrogens (tertiary/aromatic N) is 2. The standard InChI is InChI=1S/C20H20FN3O3S2/c1-12-18(28-19(23-12)15-4-8-16(21)9-5-15)20(25)24(3)13(2)14-6-10-17(11-7-14)29(22,26)27/h4-11,13H,1-3H3,(H2,22,26,27). The summed E-state index contributed by atoms with van der Waals surface area (Å²) in [6.07, 6.45) is 0. The maximum atomic E-state index is 13.1. The van der Waals surface area contributed by atoms with E-state index in [-0.39, 0.29) is 22.7 Å². The van der Waals surface area contributed by atoms with Gasteiger partial charge in [-0.1, -0.05) is 12.1 Å². The Morgan fingerprint density at radius 1 is 1.14 bits per heavy atom. The lowest BCUT2D eigenvalue weighted by molar-refractivity contribution is 0.0746. The van der Waals surface area contributed by atoms with Crippen molar-refractivity contribution in [2.75, 3.05) is 7.05 Å². The van der Waals surface area contributed by atoms with Gasteiger partial charge in [-0.25, -0.2) is 22.9 Å². The number of amides is 1. The lowest BCUT2D eigenvalue weighted by Crippen LogP contribution is -2.29. The van der Waals surface area contributed by atoms with Crippen molar-refractivity contribution >= 4 is 27.3 Å². The number of carbonyl (C=O) groups excluding carboxylic acids is 1. The summed E-state index contributed by atoms with van der Waals surface area (Å²) in [6.45, 7) is 3.61. The normalized spacial score (nSPS) is 12.6. The van der Waals surface area contributed by atoms with E-state index < -0.39 is 10.0 Å². The number of thiazole rings is 1. The maximum absolute atomic E-state index is 13.1. The second kappa shape index (κ2) is 8.02. The molecule has 1 unspecified atom stereocenters. The van der Waals surface area contributed by atoms with Gasteiger partial charge in [0.2, 0.25) is 10.0 Å². The number of rotatable bonds is 5. The van der Waals surface area contributed by atoms with Gasteiger partial charge in [0.25, 0.3) is 5.91 Å². The summed E-state index contributed by atoms with van der Waals surface area (Å²) in [6, 6.07) is 11.8. The lowest BCUT2D eigenvalue weighted by atomic mass is 10.1. The van der Waals surface area contributed by atoms with Crippen LogP contribution in [0.4, 0.5) is 4.39 Å². The molecule has 2 aromatic carbocycles. The molecule has 0 bridgehead atoms. The van der Waals surface area contributed by atoms with Crippen LogP contribution >= 0.6 is 11.3 Å². The zero-order valence-electron chi connectivity index (χ0n) is 16.1. The highest BCUT2D eigenvalue weighted by atomic mass is 32.2. The second-order valence-corrected chi connectivity index (χ2v) is 9.21. The third-order valence-corrected chi connectivity index (χ3v) is 6.80. The summed E-state index contributed by atoms with van der Waals surface area (Å²) in [5.74, 6) is -0.531. The summed E-state index contributed by atoms with van der Waals surface area (Å²) < 4.78 is 35.9. The molecule has 6 nitrogen and oxygen atoms in total. The Morgan fingerprint density at radius 2 is 1.72 bits per heavy atom. The summed E-state index contributed by atoms with van der Waals surface area (Å²) in [5, 5.41) is 5.77. The topological polar surface area (TPSA) is 93.4 Å². The first-order valence-corrected chi connectivity index (χ1v) is 11.1. The minimum absolute atomic E-state index is 0.0182. The van der Waals surface area contributed by atoms with Crippen LogP contribution in [0.1, 0.15) is 33.9 Å². The molecule has 0 aliphatic heterocycles. The Hall–Kier alpha value is -2.62. The molecular weight excluding hydrogens is 413 g/mol. The fourth-order valence-corrected chi connectivity index (χ4v) is 4.38. The smallest absolute Gasteiger partial charge is 0.266 e. The summed E-state index contributed by atoms with van der Waals surface area (Å²) in [5.41, 5.74) is 2.12. The van der Waals surface area contributed by atoms with Crippen LogP contribution < -0.4 is 5.14 Å². The van der Waals surface area contributed by atoms with Gasteiger partial charge in [-0.3, -0.25) is 4.79 Å². The molecule has 0 saturated carbocycles. The average Bonchev–Trinajstić information content (AvgIpc) is 3.08. The number of sulfonamides is 1. The monoisotopic (exact) mass is 433 g/mol. The van der Waals surface area contributed by atoms with Crippen LogP contribution in [0.5, 0.6) is 0 Å². The van der Waals surface area contributed by atoms with Crippen molar-refractivity contribution in [3.05, 3.63) is 70.5 Å². The molecule has 0 aliphatic carbocycles. The fourth-order valence-electron chi connectivity index (χ4n) is 2.81. The predicted molar refractivity (Wildman–Crippen MR) is 111 cm³/mol. The Balaban J connectivity index is 1.83. The van der Waals surface area contributed by atoms with Gasteiger partial charge in [0.05, 0.1) is 16.6 Å². The molecule has 0 spiro atoms. The number of hydrogen-bond acceptors (Lipinski definition) is 5. The van der Waals surface area contributed by atoms with Gasteiger partial charge in [0, 0.05) is 12.6 Å². The molecule has 9 heteroatoms. The Bertz CT molecular complexity index is 1140. The molecule has 0 fully saturated rings. The molecule has 0 aliphatic rings. The maximum Gasteiger partial charge on any atom is 0.266 e. The van der Waals surface area contributed by atoms with Crippen LogP contribution in [-0.2, 0) is 10.0 Å². The van der Waals surface area contributed by atoms with Crippen molar-refractivity contribution in [1.29, 1.82) is 0 Å². The van der Waals surface area contributed by atoms with Crippen molar-refractivity contribution in [3.8, 4) is 10.6 Å². The first-order chi connectivity index (χ1) is 13.6. The predicted octanol–water partition coefficient (Wildman–Crippen LogP) is 3.74. The van der Waals surface area contributed by atoms with Gasteiger partial charge in [0.1, 0.15) is 15.7 Å². The summed E-state index contributed by atoms with van der Waals surface area (Å²) >= 11 is 1.25. The van der Waals surface area contributed by atoms with Crippen molar-refractivity contribution in [2.24, 2.45) is 5.14 Å². The lowest BCUT2D eigenvalue weighted by Gasteiger charge is -2.25. The van der Waals surface area contributed by atoms with E-state index in [1.165, 1.54) is 35.6 Å². The molecule has 1 atom stereocenters. The second-order valence-electron chi connectivity index (χ2n) is 6.65. The third-order valence-electron chi connectivity index (χ3n) is 4.67. The van der Waals surface area contributed by atoms with Crippen molar-refractivity contribution < 1.29 is 17.6 Å². The number of nitrogens with two attached hydrogens (primary N) is 1. The molecule has 3 rings (SSSR count). The van der Waals surface area contributed by atoms with E-state index in [0.717, 1.165) is 11.1 Å². The van der Waals surface area contributed by atoms with Gasteiger partial charge in [-0.15, -0.1) is 11.3 Å². The Morgan fingerprint density at radius 3 is 2.28 bits per heavy atom. The number of primary sulfonamides is 1. The third kappa shape index (κ3) is 4.52. The van der Waals surface area contributed by atoms with E-state index in [1.807, 2.05) is 6.92 Å². The number of aryl methyl sites for hydroxylation is 1. The van der Waals surface area contributed by atoms with Crippen LogP contribution in [0.15, 0.2) is 53.4 Å². The van der Waals surface area contributed by atoms with E-state index in [9.17, 15) is 17.6 Å². The van der Waals surface area contributed by atoms with Crippen LogP contribution in [0, 0.1) is 12.7 Å². The Kier molecular flexibility index (Phi) is 5.83. The van der Waals surface area contributed by atoms with E-state index in [4.69, 9.17) is 5.14 Å². The van der Waals surface area contributed by atoms with Crippen LogP contribution in [0.2, 0.25) is 0 Å². The molecule has 29 heavy (non-hydrogen) atoms. The zero-order chi connectivity index (χ0) is 21.3. The molecule has 152 valence electrons. The molecule has 1 aromatic heterocycles. The van der Waals surface area contributed by atoms with Gasteiger partial charge < -0.3 is 4.90 Å². The number of aromatic nitrogens is 1. The minimum Gasteiger partial charge on any atom is -0.334 e. The minimum atomic E-state index is -3.77. The highest BCUT2D eigenvalue weighted by Crippen LogP contribution is 2.30. The first-order valence-electron chi connectivity index (χ1n) is 8.71. The van der Waals surface area contributed by atoms with E-state index in [1.54, 1.807) is 43.1 Å². The van der Waals surface area contributed by atoms with Gasteiger partial charge >= 0.3 is 0 Å².